The van der Waals surface area contributed by atoms with Gasteiger partial charge in [0.1, 0.15) is 5.75 Å². The molecule has 1 aromatic carbocycles. The third-order valence-corrected chi connectivity index (χ3v) is 2.80. The van der Waals surface area contributed by atoms with Gasteiger partial charge in [-0.2, -0.15) is 0 Å². The lowest BCUT2D eigenvalue weighted by Gasteiger charge is -2.19. The van der Waals surface area contributed by atoms with Crippen molar-refractivity contribution in [2.45, 2.75) is 32.3 Å². The zero-order valence-electron chi connectivity index (χ0n) is 9.84. The molecule has 2 unspecified atom stereocenters. The molecule has 0 aliphatic heterocycles. The van der Waals surface area contributed by atoms with Gasteiger partial charge in [-0.15, -0.1) is 0 Å². The Morgan fingerprint density at radius 1 is 1.29 bits per heavy atom. The maximum atomic E-state index is 11.1. The van der Waals surface area contributed by atoms with Crippen LogP contribution >= 0.6 is 0 Å². The van der Waals surface area contributed by atoms with Crippen LogP contribution in [0.2, 0.25) is 0 Å². The molecule has 3 N–H and O–H groups in total. The second-order valence-electron chi connectivity index (χ2n) is 4.12. The number of carboxylic acid groups (broad SMARTS) is 1. The Labute approximate surface area is 101 Å². The van der Waals surface area contributed by atoms with Crippen molar-refractivity contribution in [1.82, 2.24) is 0 Å². The Balaban J connectivity index is 2.79. The van der Waals surface area contributed by atoms with Crippen LogP contribution in [0.15, 0.2) is 24.3 Å². The molecule has 0 aromatic heterocycles. The van der Waals surface area contributed by atoms with E-state index < -0.39 is 18.0 Å². The molecule has 0 heterocycles. The van der Waals surface area contributed by atoms with Gasteiger partial charge in [0.25, 0.3) is 0 Å². The van der Waals surface area contributed by atoms with Gasteiger partial charge < -0.3 is 15.3 Å². The fourth-order valence-electron chi connectivity index (χ4n) is 1.74. The molecule has 0 aliphatic carbocycles. The van der Waals surface area contributed by atoms with E-state index >= 15 is 0 Å². The first-order chi connectivity index (χ1) is 8.06. The van der Waals surface area contributed by atoms with Gasteiger partial charge in [-0.25, -0.2) is 0 Å². The maximum absolute atomic E-state index is 11.1. The number of carboxylic acids is 1. The summed E-state index contributed by atoms with van der Waals surface area (Å²) >= 11 is 0. The molecule has 0 fully saturated rings. The Hall–Kier alpha value is -1.55. The molecule has 4 nitrogen and oxygen atoms in total. The predicted molar refractivity (Wildman–Crippen MR) is 63.7 cm³/mol. The number of aliphatic carboxylic acids is 1. The van der Waals surface area contributed by atoms with E-state index in [4.69, 9.17) is 10.2 Å². The Kier molecular flexibility index (Phi) is 4.97. The fourth-order valence-corrected chi connectivity index (χ4v) is 1.74. The van der Waals surface area contributed by atoms with Gasteiger partial charge in [0, 0.05) is 0 Å². The molecule has 0 saturated carbocycles. The maximum Gasteiger partial charge on any atom is 0.309 e. The number of phenols is 1. The molecule has 0 bridgehead atoms. The van der Waals surface area contributed by atoms with Crippen molar-refractivity contribution in [2.75, 3.05) is 0 Å². The number of hydrogen-bond acceptors (Lipinski definition) is 3. The minimum Gasteiger partial charge on any atom is -0.508 e. The van der Waals surface area contributed by atoms with Crippen LogP contribution in [0.1, 0.15) is 37.9 Å². The summed E-state index contributed by atoms with van der Waals surface area (Å²) in [7, 11) is 0. The third kappa shape index (κ3) is 3.75. The molecule has 17 heavy (non-hydrogen) atoms. The number of carbonyl (C=O) groups is 1. The van der Waals surface area contributed by atoms with Crippen LogP contribution in [0, 0.1) is 5.92 Å². The van der Waals surface area contributed by atoms with E-state index in [0.717, 1.165) is 12.8 Å². The molecule has 0 spiro atoms. The van der Waals surface area contributed by atoms with Crippen molar-refractivity contribution >= 4 is 5.97 Å². The van der Waals surface area contributed by atoms with Gasteiger partial charge in [-0.3, -0.25) is 4.79 Å². The second-order valence-corrected chi connectivity index (χ2v) is 4.12. The Morgan fingerprint density at radius 3 is 2.35 bits per heavy atom. The fraction of sp³-hybridized carbons (Fsp3) is 0.462. The number of phenolic OH excluding ortho intramolecular Hbond substituents is 1. The average Bonchev–Trinajstić information content (AvgIpc) is 2.29. The molecule has 4 heteroatoms. The van der Waals surface area contributed by atoms with Crippen molar-refractivity contribution in [3.63, 3.8) is 0 Å². The van der Waals surface area contributed by atoms with E-state index in [1.807, 2.05) is 6.92 Å². The van der Waals surface area contributed by atoms with E-state index in [9.17, 15) is 9.90 Å². The zero-order chi connectivity index (χ0) is 12.8. The number of unbranched alkanes of at least 4 members (excludes halogenated alkanes) is 1. The number of aromatic hydroxyl groups is 1. The van der Waals surface area contributed by atoms with Crippen molar-refractivity contribution in [3.05, 3.63) is 29.8 Å². The lowest BCUT2D eigenvalue weighted by atomic mass is 9.91. The van der Waals surface area contributed by atoms with Gasteiger partial charge in [0.2, 0.25) is 0 Å². The first-order valence-corrected chi connectivity index (χ1v) is 5.76. The summed E-state index contributed by atoms with van der Waals surface area (Å²) in [6.45, 7) is 1.98. The minimum atomic E-state index is -1.03. The third-order valence-electron chi connectivity index (χ3n) is 2.80. The van der Waals surface area contributed by atoms with E-state index in [0.29, 0.717) is 12.0 Å². The van der Waals surface area contributed by atoms with Crippen LogP contribution in [0.3, 0.4) is 0 Å². The number of rotatable bonds is 6. The summed E-state index contributed by atoms with van der Waals surface area (Å²) < 4.78 is 0. The van der Waals surface area contributed by atoms with Crippen molar-refractivity contribution in [1.29, 1.82) is 0 Å². The number of benzene rings is 1. The normalized spacial score (nSPS) is 14.2. The Morgan fingerprint density at radius 2 is 1.88 bits per heavy atom. The number of aliphatic hydroxyl groups excluding tert-OH is 1. The van der Waals surface area contributed by atoms with Crippen LogP contribution in [0.5, 0.6) is 5.75 Å². The molecule has 0 amide bonds. The van der Waals surface area contributed by atoms with Crippen LogP contribution in [0.4, 0.5) is 0 Å². The molecular weight excluding hydrogens is 220 g/mol. The minimum absolute atomic E-state index is 0.0985. The quantitative estimate of drug-likeness (QED) is 0.710. The summed E-state index contributed by atoms with van der Waals surface area (Å²) in [4.78, 5) is 11.1. The standard InChI is InChI=1S/C13H18O4/c1-2-3-4-11(13(16)17)12(15)9-5-7-10(14)8-6-9/h5-8,11-12,14-15H,2-4H2,1H3,(H,16,17). The lowest BCUT2D eigenvalue weighted by molar-refractivity contribution is -0.146. The van der Waals surface area contributed by atoms with Crippen LogP contribution in [-0.4, -0.2) is 21.3 Å². The van der Waals surface area contributed by atoms with Gasteiger partial charge in [0.05, 0.1) is 12.0 Å². The summed E-state index contributed by atoms with van der Waals surface area (Å²) in [5.41, 5.74) is 0.520. The molecule has 0 aliphatic rings. The molecular formula is C13H18O4. The largest absolute Gasteiger partial charge is 0.508 e. The first-order valence-electron chi connectivity index (χ1n) is 5.76. The second kappa shape index (κ2) is 6.25. The number of hydrogen-bond donors (Lipinski definition) is 3. The highest BCUT2D eigenvalue weighted by molar-refractivity contribution is 5.71. The van der Waals surface area contributed by atoms with Gasteiger partial charge in [-0.05, 0) is 24.1 Å². The highest BCUT2D eigenvalue weighted by Gasteiger charge is 2.26. The van der Waals surface area contributed by atoms with Crippen molar-refractivity contribution < 1.29 is 20.1 Å². The molecule has 94 valence electrons. The topological polar surface area (TPSA) is 77.8 Å². The van der Waals surface area contributed by atoms with E-state index in [1.165, 1.54) is 12.1 Å². The van der Waals surface area contributed by atoms with Crippen LogP contribution in [0.25, 0.3) is 0 Å². The molecule has 2 atom stereocenters. The van der Waals surface area contributed by atoms with E-state index in [2.05, 4.69) is 0 Å². The van der Waals surface area contributed by atoms with E-state index in [1.54, 1.807) is 12.1 Å². The highest BCUT2D eigenvalue weighted by atomic mass is 16.4. The van der Waals surface area contributed by atoms with Crippen LogP contribution < -0.4 is 0 Å². The summed E-state index contributed by atoms with van der Waals surface area (Å²) in [6, 6.07) is 5.97. The van der Waals surface area contributed by atoms with Crippen molar-refractivity contribution in [2.24, 2.45) is 5.92 Å². The molecule has 0 radical (unpaired) electrons. The monoisotopic (exact) mass is 238 g/mol. The summed E-state index contributed by atoms with van der Waals surface area (Å²) in [5.74, 6) is -1.68. The SMILES string of the molecule is CCCCC(C(=O)O)C(O)c1ccc(O)cc1. The highest BCUT2D eigenvalue weighted by Crippen LogP contribution is 2.27. The molecule has 1 aromatic rings. The smallest absolute Gasteiger partial charge is 0.309 e. The summed E-state index contributed by atoms with van der Waals surface area (Å²) in [6.07, 6.45) is 1.09. The average molecular weight is 238 g/mol. The van der Waals surface area contributed by atoms with Gasteiger partial charge >= 0.3 is 5.97 Å². The zero-order valence-corrected chi connectivity index (χ0v) is 9.84. The lowest BCUT2D eigenvalue weighted by Crippen LogP contribution is -2.22. The van der Waals surface area contributed by atoms with Crippen LogP contribution in [-0.2, 0) is 4.79 Å². The van der Waals surface area contributed by atoms with Gasteiger partial charge in [-0.1, -0.05) is 31.9 Å². The molecule has 0 saturated heterocycles. The van der Waals surface area contributed by atoms with E-state index in [-0.39, 0.29) is 5.75 Å². The van der Waals surface area contributed by atoms with Gasteiger partial charge in [0.15, 0.2) is 0 Å². The first kappa shape index (κ1) is 13.5. The number of aliphatic hydroxyl groups is 1. The summed E-state index contributed by atoms with van der Waals surface area (Å²) in [5, 5.41) is 28.2. The van der Waals surface area contributed by atoms with Crippen molar-refractivity contribution in [3.8, 4) is 5.75 Å². The predicted octanol–water partition coefficient (Wildman–Crippen LogP) is 2.32. The molecule has 1 rings (SSSR count). The Bertz CT molecular complexity index is 358.